The number of carbonyl (C=O) groups is 1. The van der Waals surface area contributed by atoms with Gasteiger partial charge in [0.05, 0.1) is 44.4 Å². The minimum atomic E-state index is -4.97. The van der Waals surface area contributed by atoms with E-state index in [1.54, 1.807) is 30.3 Å². The van der Waals surface area contributed by atoms with E-state index in [1.165, 1.54) is 18.2 Å². The van der Waals surface area contributed by atoms with Crippen LogP contribution in [0.1, 0.15) is 33.5 Å². The van der Waals surface area contributed by atoms with Crippen molar-refractivity contribution in [2.24, 2.45) is 0 Å². The number of aromatic carboxylic acids is 1. The molecule has 1 aromatic heterocycles. The number of alkyl halides is 2. The summed E-state index contributed by atoms with van der Waals surface area (Å²) in [7, 11) is -4.97. The first-order chi connectivity index (χ1) is 23.4. The number of halogens is 5. The molecule has 0 aliphatic carbocycles. The second-order valence-corrected chi connectivity index (χ2v) is 12.8. The molecule has 1 heterocycles. The minimum Gasteiger partial charge on any atom is -0.478 e. The van der Waals surface area contributed by atoms with Gasteiger partial charge < -0.3 is 5.11 Å². The third kappa shape index (κ3) is 5.47. The fraction of sp³-hybridized carbons (Fsp3) is 0.0278. The molecule has 0 spiro atoms. The van der Waals surface area contributed by atoms with E-state index in [0.29, 0.717) is 9.54 Å². The number of hydrogen-bond donors (Lipinski definition) is 1. The molecule has 6 rings (SSSR count). The lowest BCUT2D eigenvalue weighted by Crippen LogP contribution is -2.16. The van der Waals surface area contributed by atoms with Gasteiger partial charge in [-0.15, -0.1) is 0 Å². The van der Waals surface area contributed by atoms with Crippen molar-refractivity contribution in [1.29, 1.82) is 10.5 Å². The van der Waals surface area contributed by atoms with Crippen molar-refractivity contribution in [1.82, 2.24) is 3.97 Å². The van der Waals surface area contributed by atoms with E-state index in [-0.39, 0.29) is 38.7 Å². The van der Waals surface area contributed by atoms with Gasteiger partial charge in [0, 0.05) is 33.2 Å². The summed E-state index contributed by atoms with van der Waals surface area (Å²) in [5.74, 6) is -4.04. The van der Waals surface area contributed by atoms with Gasteiger partial charge in [-0.25, -0.2) is 34.7 Å². The van der Waals surface area contributed by atoms with E-state index >= 15 is 8.78 Å². The van der Waals surface area contributed by atoms with Crippen LogP contribution in [0.4, 0.5) is 17.6 Å². The molecule has 49 heavy (non-hydrogen) atoms. The van der Waals surface area contributed by atoms with E-state index in [4.69, 9.17) is 11.6 Å². The number of benzene rings is 5. The summed E-state index contributed by atoms with van der Waals surface area (Å²) < 4.78 is 87.9. The predicted molar refractivity (Wildman–Crippen MR) is 174 cm³/mol. The highest BCUT2D eigenvalue weighted by Crippen LogP contribution is 2.50. The van der Waals surface area contributed by atoms with Crippen LogP contribution in [0.3, 0.4) is 0 Å². The Labute approximate surface area is 281 Å². The van der Waals surface area contributed by atoms with Crippen molar-refractivity contribution < 1.29 is 35.9 Å². The summed E-state index contributed by atoms with van der Waals surface area (Å²) in [6, 6.07) is 23.2. The topological polar surface area (TPSA) is 124 Å². The van der Waals surface area contributed by atoms with Crippen LogP contribution in [0.15, 0.2) is 102 Å². The highest BCUT2D eigenvalue weighted by Gasteiger charge is 2.36. The molecule has 0 aliphatic heterocycles. The zero-order valence-electron chi connectivity index (χ0n) is 24.6. The van der Waals surface area contributed by atoms with Gasteiger partial charge in [0.2, 0.25) is 0 Å². The van der Waals surface area contributed by atoms with Crippen molar-refractivity contribution in [2.45, 2.75) is 11.3 Å². The number of aromatic nitrogens is 1. The van der Waals surface area contributed by atoms with E-state index in [9.17, 15) is 37.6 Å². The van der Waals surface area contributed by atoms with Gasteiger partial charge in [-0.2, -0.15) is 10.5 Å². The maximum atomic E-state index is 16.1. The average molecular weight is 700 g/mol. The van der Waals surface area contributed by atoms with Crippen LogP contribution in [0.2, 0.25) is 5.02 Å². The maximum absolute atomic E-state index is 16.1. The summed E-state index contributed by atoms with van der Waals surface area (Å²) >= 11 is 6.96. The van der Waals surface area contributed by atoms with Gasteiger partial charge in [0.1, 0.15) is 17.2 Å². The van der Waals surface area contributed by atoms with Gasteiger partial charge in [-0.1, -0.05) is 60.1 Å². The molecule has 0 radical (unpaired) electrons. The SMILES string of the molecule is N#Cc1cccc(C#N)c1-c1c(-c2c(Cl)c(-c3ccccc3)cc(F)c2C(=O)O)n(S(=O)(=O)c2ccc(C(F)F)cc2)c2ccc(F)cc12. The summed E-state index contributed by atoms with van der Waals surface area (Å²) in [6.45, 7) is 0. The molecule has 5 aromatic carbocycles. The molecular formula is C36H18ClF4N3O4S. The smallest absolute Gasteiger partial charge is 0.339 e. The lowest BCUT2D eigenvalue weighted by Gasteiger charge is -2.20. The van der Waals surface area contributed by atoms with Crippen molar-refractivity contribution in [3.05, 3.63) is 136 Å². The molecular weight excluding hydrogens is 682 g/mol. The number of rotatable bonds is 7. The number of hydrogen-bond acceptors (Lipinski definition) is 5. The number of carboxylic acid groups (broad SMARTS) is 1. The van der Waals surface area contributed by atoms with Crippen molar-refractivity contribution >= 4 is 38.5 Å². The molecule has 6 aromatic rings. The van der Waals surface area contributed by atoms with E-state index in [2.05, 4.69) is 0 Å². The molecule has 242 valence electrons. The Morgan fingerprint density at radius 3 is 2.02 bits per heavy atom. The first-order valence-corrected chi connectivity index (χ1v) is 15.9. The Kier molecular flexibility index (Phi) is 8.46. The molecule has 13 heteroatoms. The summed E-state index contributed by atoms with van der Waals surface area (Å²) in [5, 5.41) is 30.0. The van der Waals surface area contributed by atoms with Gasteiger partial charge >= 0.3 is 5.97 Å². The van der Waals surface area contributed by atoms with Crippen molar-refractivity contribution in [2.75, 3.05) is 0 Å². The molecule has 0 atom stereocenters. The molecule has 1 N–H and O–H groups in total. The Bertz CT molecular complexity index is 2490. The lowest BCUT2D eigenvalue weighted by molar-refractivity contribution is 0.0692. The Morgan fingerprint density at radius 1 is 0.816 bits per heavy atom. The minimum absolute atomic E-state index is 0.0403. The molecule has 0 bridgehead atoms. The summed E-state index contributed by atoms with van der Waals surface area (Å²) in [5.41, 5.74) is -3.73. The number of fused-ring (bicyclic) bond motifs is 1. The maximum Gasteiger partial charge on any atom is 0.339 e. The number of carboxylic acids is 1. The fourth-order valence-corrected chi connectivity index (χ4v) is 7.63. The predicted octanol–water partition coefficient (Wildman–Crippen LogP) is 9.19. The van der Waals surface area contributed by atoms with Crippen LogP contribution in [-0.4, -0.2) is 23.5 Å². The molecule has 0 unspecified atom stereocenters. The number of nitriles is 2. The van der Waals surface area contributed by atoms with Gasteiger partial charge in [-0.3, -0.25) is 0 Å². The first-order valence-electron chi connectivity index (χ1n) is 14.1. The van der Waals surface area contributed by atoms with Crippen LogP contribution in [0.5, 0.6) is 0 Å². The van der Waals surface area contributed by atoms with E-state index < -0.39 is 66.4 Å². The van der Waals surface area contributed by atoms with Crippen LogP contribution < -0.4 is 0 Å². The van der Waals surface area contributed by atoms with E-state index in [1.807, 2.05) is 12.1 Å². The monoisotopic (exact) mass is 699 g/mol. The molecule has 0 amide bonds. The van der Waals surface area contributed by atoms with Crippen LogP contribution in [0.25, 0.3) is 44.4 Å². The summed E-state index contributed by atoms with van der Waals surface area (Å²) in [6.07, 6.45) is -2.93. The van der Waals surface area contributed by atoms with E-state index in [0.717, 1.165) is 48.5 Å². The fourth-order valence-electron chi connectivity index (χ4n) is 5.75. The Hall–Kier alpha value is -5.95. The second-order valence-electron chi connectivity index (χ2n) is 10.6. The molecule has 0 aliphatic rings. The standard InChI is InChI=1S/C36H18ClF4N3O4S/c37-33-25(19-5-2-1-3-6-19)16-27(39)31(36(45)46)32(33)34-30(29-21(17-42)7-4-8-22(29)18-43)26-15-23(38)11-14-28(26)44(34)49(47,48)24-12-9-20(10-13-24)35(40)41/h1-16,35H,(H,45,46). The van der Waals surface area contributed by atoms with Gasteiger partial charge in [-0.05, 0) is 54.1 Å². The first kappa shape index (κ1) is 33.0. The molecule has 0 saturated carbocycles. The third-order valence-corrected chi connectivity index (χ3v) is 9.98. The zero-order chi connectivity index (χ0) is 35.2. The normalized spacial score (nSPS) is 11.4. The Morgan fingerprint density at radius 2 is 1.45 bits per heavy atom. The van der Waals surface area contributed by atoms with Crippen molar-refractivity contribution in [3.8, 4) is 45.6 Å². The molecule has 0 fully saturated rings. The molecule has 0 saturated heterocycles. The van der Waals surface area contributed by atoms with Crippen LogP contribution in [0, 0.1) is 34.3 Å². The van der Waals surface area contributed by atoms with Gasteiger partial charge in [0.25, 0.3) is 16.4 Å². The second kappa shape index (κ2) is 12.6. The van der Waals surface area contributed by atoms with Crippen LogP contribution in [-0.2, 0) is 10.0 Å². The largest absolute Gasteiger partial charge is 0.478 e. The highest BCUT2D eigenvalue weighted by molar-refractivity contribution is 7.90. The van der Waals surface area contributed by atoms with Crippen molar-refractivity contribution in [3.63, 3.8) is 0 Å². The number of nitrogens with zero attached hydrogens (tertiary/aromatic N) is 3. The quantitative estimate of drug-likeness (QED) is 0.166. The lowest BCUT2D eigenvalue weighted by atomic mass is 9.88. The summed E-state index contributed by atoms with van der Waals surface area (Å²) in [4.78, 5) is 12.3. The third-order valence-electron chi connectivity index (χ3n) is 7.86. The zero-order valence-corrected chi connectivity index (χ0v) is 26.2. The average Bonchev–Trinajstić information content (AvgIpc) is 3.42. The highest BCUT2D eigenvalue weighted by atomic mass is 35.5. The molecule has 7 nitrogen and oxygen atoms in total. The van der Waals surface area contributed by atoms with Crippen LogP contribution >= 0.6 is 11.6 Å². The van der Waals surface area contributed by atoms with Gasteiger partial charge in [0.15, 0.2) is 0 Å². The Balaban J connectivity index is 1.92.